The minimum Gasteiger partial charge on any atom is -0.385 e. The maximum atomic E-state index is 12.6. The van der Waals surface area contributed by atoms with Crippen LogP contribution in [0.4, 0.5) is 3.89 Å². The summed E-state index contributed by atoms with van der Waals surface area (Å²) in [5.74, 6) is 0. The van der Waals surface area contributed by atoms with Crippen LogP contribution in [0.2, 0.25) is 0 Å². The highest BCUT2D eigenvalue weighted by molar-refractivity contribution is 7.89. The first-order valence-electron chi connectivity index (χ1n) is 5.31. The van der Waals surface area contributed by atoms with Gasteiger partial charge in [-0.05, 0) is 30.7 Å². The molecule has 0 radical (unpaired) electrons. The number of hydrogen-bond donors (Lipinski definition) is 1. The Kier molecular flexibility index (Phi) is 5.41. The van der Waals surface area contributed by atoms with Crippen LogP contribution in [0.1, 0.15) is 6.42 Å². The number of rotatable bonds is 7. The molecule has 108 valence electrons. The Labute approximate surface area is 111 Å². The fraction of sp³-hybridized carbons (Fsp3) is 0.400. The summed E-state index contributed by atoms with van der Waals surface area (Å²) in [6, 6.07) is 3.87. The Bertz CT molecular complexity index is 610. The molecule has 0 saturated heterocycles. The van der Waals surface area contributed by atoms with Crippen LogP contribution in [0, 0.1) is 0 Å². The second-order valence-electron chi connectivity index (χ2n) is 3.65. The first-order chi connectivity index (χ1) is 8.77. The number of methoxy groups -OCH3 is 1. The lowest BCUT2D eigenvalue weighted by Gasteiger charge is -2.06. The fourth-order valence-corrected chi connectivity index (χ4v) is 2.82. The molecule has 0 amide bonds. The van der Waals surface area contributed by atoms with Crippen molar-refractivity contribution in [1.82, 2.24) is 4.72 Å². The number of ether oxygens (including phenoxy) is 1. The van der Waals surface area contributed by atoms with E-state index in [9.17, 15) is 20.7 Å². The van der Waals surface area contributed by atoms with E-state index < -0.39 is 25.1 Å². The molecule has 0 aliphatic heterocycles. The molecular weight excluding hydrogens is 297 g/mol. The monoisotopic (exact) mass is 311 g/mol. The molecule has 0 fully saturated rings. The van der Waals surface area contributed by atoms with E-state index in [0.29, 0.717) is 13.0 Å². The third-order valence-corrected chi connectivity index (χ3v) is 4.55. The van der Waals surface area contributed by atoms with Gasteiger partial charge in [-0.2, -0.15) is 8.42 Å². The van der Waals surface area contributed by atoms with E-state index in [1.54, 1.807) is 0 Å². The summed E-state index contributed by atoms with van der Waals surface area (Å²) < 4.78 is 64.4. The molecule has 1 rings (SSSR count). The molecule has 0 atom stereocenters. The predicted octanol–water partition coefficient (Wildman–Crippen LogP) is 0.660. The van der Waals surface area contributed by atoms with Gasteiger partial charge in [0.05, 0.1) is 9.79 Å². The van der Waals surface area contributed by atoms with Gasteiger partial charge in [0, 0.05) is 20.3 Å². The summed E-state index contributed by atoms with van der Waals surface area (Å²) in [6.07, 6.45) is 0.507. The highest BCUT2D eigenvalue weighted by Gasteiger charge is 2.16. The quantitative estimate of drug-likeness (QED) is 0.590. The largest absolute Gasteiger partial charge is 0.385 e. The van der Waals surface area contributed by atoms with Crippen LogP contribution in [0.5, 0.6) is 0 Å². The van der Waals surface area contributed by atoms with Crippen molar-refractivity contribution in [3.8, 4) is 0 Å². The minimum absolute atomic E-state index is 0.127. The summed E-state index contributed by atoms with van der Waals surface area (Å²) in [5.41, 5.74) is 0. The smallest absolute Gasteiger partial charge is 0.332 e. The van der Waals surface area contributed by atoms with Crippen LogP contribution in [0.25, 0.3) is 0 Å². The molecule has 0 bridgehead atoms. The van der Waals surface area contributed by atoms with Crippen molar-refractivity contribution in [2.75, 3.05) is 20.3 Å². The van der Waals surface area contributed by atoms with E-state index in [1.807, 2.05) is 0 Å². The summed E-state index contributed by atoms with van der Waals surface area (Å²) in [7, 11) is -7.04. The van der Waals surface area contributed by atoms with Gasteiger partial charge >= 0.3 is 10.2 Å². The number of benzene rings is 1. The Morgan fingerprint density at radius 2 is 1.63 bits per heavy atom. The maximum Gasteiger partial charge on any atom is 0.332 e. The normalized spacial score (nSPS) is 12.5. The van der Waals surface area contributed by atoms with Gasteiger partial charge in [0.1, 0.15) is 0 Å². The number of halogens is 1. The lowest BCUT2D eigenvalue weighted by atomic mass is 10.4. The first-order valence-corrected chi connectivity index (χ1v) is 8.17. The van der Waals surface area contributed by atoms with Crippen LogP contribution in [0.3, 0.4) is 0 Å². The van der Waals surface area contributed by atoms with Crippen LogP contribution in [-0.4, -0.2) is 37.1 Å². The van der Waals surface area contributed by atoms with Gasteiger partial charge in [-0.1, -0.05) is 0 Å². The molecule has 0 aliphatic carbocycles. The number of nitrogens with one attached hydrogen (secondary N) is 1. The summed E-state index contributed by atoms with van der Waals surface area (Å²) in [5, 5.41) is 0. The zero-order chi connectivity index (χ0) is 14.5. The average Bonchev–Trinajstić information content (AvgIpc) is 2.34. The fourth-order valence-electron chi connectivity index (χ4n) is 1.29. The SMILES string of the molecule is COCCCNS(=O)(=O)c1ccc(S(=O)(=O)F)cc1. The number of sulfonamides is 1. The lowest BCUT2D eigenvalue weighted by Crippen LogP contribution is -2.25. The van der Waals surface area contributed by atoms with Gasteiger partial charge in [0.2, 0.25) is 10.0 Å². The van der Waals surface area contributed by atoms with Gasteiger partial charge < -0.3 is 4.74 Å². The van der Waals surface area contributed by atoms with Gasteiger partial charge in [-0.3, -0.25) is 0 Å². The van der Waals surface area contributed by atoms with Crippen molar-refractivity contribution in [3.05, 3.63) is 24.3 Å². The Balaban J connectivity index is 2.80. The van der Waals surface area contributed by atoms with Crippen molar-refractivity contribution in [2.24, 2.45) is 0 Å². The second kappa shape index (κ2) is 6.42. The topological polar surface area (TPSA) is 89.5 Å². The molecule has 0 aromatic heterocycles. The molecule has 0 spiro atoms. The Morgan fingerprint density at radius 3 is 2.11 bits per heavy atom. The molecule has 0 saturated carbocycles. The van der Waals surface area contributed by atoms with Gasteiger partial charge in [0.15, 0.2) is 0 Å². The predicted molar refractivity (Wildman–Crippen MR) is 66.4 cm³/mol. The molecule has 6 nitrogen and oxygen atoms in total. The van der Waals surface area contributed by atoms with Crippen LogP contribution in [-0.2, 0) is 25.0 Å². The molecular formula is C10H14FNO5S2. The molecule has 9 heteroatoms. The second-order valence-corrected chi connectivity index (χ2v) is 6.77. The van der Waals surface area contributed by atoms with Crippen molar-refractivity contribution in [3.63, 3.8) is 0 Å². The molecule has 19 heavy (non-hydrogen) atoms. The van der Waals surface area contributed by atoms with Crippen molar-refractivity contribution < 1.29 is 25.5 Å². The minimum atomic E-state index is -4.82. The molecule has 1 aromatic rings. The van der Waals surface area contributed by atoms with Crippen molar-refractivity contribution in [2.45, 2.75) is 16.2 Å². The van der Waals surface area contributed by atoms with E-state index in [1.165, 1.54) is 7.11 Å². The highest BCUT2D eigenvalue weighted by Crippen LogP contribution is 2.15. The third kappa shape index (κ3) is 4.86. The standard InChI is InChI=1S/C10H14FNO5S2/c1-17-8-2-7-12-19(15,16)10-5-3-9(4-6-10)18(11,13)14/h3-6,12H,2,7-8H2,1H3. The van der Waals surface area contributed by atoms with Crippen LogP contribution in [0.15, 0.2) is 34.1 Å². The first kappa shape index (κ1) is 16.0. The van der Waals surface area contributed by atoms with Gasteiger partial charge in [0.25, 0.3) is 0 Å². The van der Waals surface area contributed by atoms with E-state index in [0.717, 1.165) is 24.3 Å². The van der Waals surface area contributed by atoms with Crippen LogP contribution >= 0.6 is 0 Å². The molecule has 0 heterocycles. The third-order valence-electron chi connectivity index (χ3n) is 2.23. The Morgan fingerprint density at radius 1 is 1.11 bits per heavy atom. The van der Waals surface area contributed by atoms with Gasteiger partial charge in [-0.15, -0.1) is 3.89 Å². The van der Waals surface area contributed by atoms with Crippen molar-refractivity contribution in [1.29, 1.82) is 0 Å². The molecule has 0 aliphatic rings. The van der Waals surface area contributed by atoms with E-state index in [4.69, 9.17) is 4.74 Å². The highest BCUT2D eigenvalue weighted by atomic mass is 32.3. The summed E-state index contributed by atoms with van der Waals surface area (Å²) in [4.78, 5) is -0.705. The number of hydrogen-bond acceptors (Lipinski definition) is 5. The van der Waals surface area contributed by atoms with Crippen molar-refractivity contribution >= 4 is 20.2 Å². The maximum absolute atomic E-state index is 12.6. The van der Waals surface area contributed by atoms with Crippen LogP contribution < -0.4 is 4.72 Å². The molecule has 1 N–H and O–H groups in total. The molecule has 1 aromatic carbocycles. The Hall–Kier alpha value is -1.03. The summed E-state index contributed by atoms with van der Waals surface area (Å²) >= 11 is 0. The van der Waals surface area contributed by atoms with E-state index >= 15 is 0 Å². The van der Waals surface area contributed by atoms with E-state index in [-0.39, 0.29) is 11.4 Å². The zero-order valence-corrected chi connectivity index (χ0v) is 11.8. The van der Waals surface area contributed by atoms with Gasteiger partial charge in [-0.25, -0.2) is 13.1 Å². The average molecular weight is 311 g/mol. The molecule has 0 unspecified atom stereocenters. The lowest BCUT2D eigenvalue weighted by molar-refractivity contribution is 0.196. The zero-order valence-electron chi connectivity index (χ0n) is 10.2. The summed E-state index contributed by atoms with van der Waals surface area (Å²) in [6.45, 7) is 0.612. The van der Waals surface area contributed by atoms with E-state index in [2.05, 4.69) is 4.72 Å².